The van der Waals surface area contributed by atoms with Crippen molar-refractivity contribution in [1.29, 1.82) is 0 Å². The molecule has 5 heteroatoms. The summed E-state index contributed by atoms with van der Waals surface area (Å²) < 4.78 is 18.1. The van der Waals surface area contributed by atoms with Crippen LogP contribution in [0.5, 0.6) is 11.5 Å². The number of benzene rings is 2. The summed E-state index contributed by atoms with van der Waals surface area (Å²) in [6.07, 6.45) is 3.26. The first kappa shape index (κ1) is 32.1. The zero-order valence-electron chi connectivity index (χ0n) is 23.7. The van der Waals surface area contributed by atoms with E-state index >= 15 is 0 Å². The first-order valence-corrected chi connectivity index (χ1v) is 13.8. The van der Waals surface area contributed by atoms with Crippen molar-refractivity contribution in [1.82, 2.24) is 4.98 Å². The number of pyridine rings is 1. The third kappa shape index (κ3) is 9.86. The van der Waals surface area contributed by atoms with Gasteiger partial charge < -0.3 is 14.2 Å². The molecule has 3 aromatic rings. The first-order valence-electron chi connectivity index (χ1n) is 13.8. The topological polar surface area (TPSA) is 40.6 Å². The maximum Gasteiger partial charge on any atom is 0.161 e. The SMILES string of the molecule is CCC(C)CO[CH]c1cccc(-c2[c-]ccc(-c3ccc(OCC(C)CC)c(OCC(C)CC)c3)c2)n1.[Pt]. The average molecular weight is 697 g/mol. The molecule has 3 rings (SSSR count). The number of rotatable bonds is 15. The minimum Gasteiger partial charge on any atom is -0.489 e. The van der Waals surface area contributed by atoms with Crippen LogP contribution in [-0.2, 0) is 25.8 Å². The molecule has 1 aromatic heterocycles. The number of ether oxygens (including phenoxy) is 3. The Morgan fingerprint density at radius 2 is 1.39 bits per heavy atom. The van der Waals surface area contributed by atoms with E-state index in [1.807, 2.05) is 30.3 Å². The predicted molar refractivity (Wildman–Crippen MR) is 153 cm³/mol. The fourth-order valence-corrected chi connectivity index (χ4v) is 3.50. The molecular weight excluding hydrogens is 653 g/mol. The van der Waals surface area contributed by atoms with Crippen LogP contribution < -0.4 is 9.47 Å². The van der Waals surface area contributed by atoms with Gasteiger partial charge in [-0.25, -0.2) is 0 Å². The Balaban J connectivity index is 0.00000507. The molecule has 0 spiro atoms. The molecular formula is C33H43NO3Pt-. The molecule has 2 aromatic carbocycles. The number of hydrogen-bond acceptors (Lipinski definition) is 4. The summed E-state index contributed by atoms with van der Waals surface area (Å²) in [6.45, 7) is 16.9. The van der Waals surface area contributed by atoms with Gasteiger partial charge in [0.25, 0.3) is 0 Å². The summed E-state index contributed by atoms with van der Waals surface area (Å²) in [5.74, 6) is 3.10. The normalized spacial score (nSPS) is 13.3. The van der Waals surface area contributed by atoms with E-state index in [4.69, 9.17) is 19.2 Å². The molecule has 4 nitrogen and oxygen atoms in total. The smallest absolute Gasteiger partial charge is 0.161 e. The predicted octanol–water partition coefficient (Wildman–Crippen LogP) is 8.64. The molecule has 0 aliphatic rings. The number of hydrogen-bond donors (Lipinski definition) is 0. The largest absolute Gasteiger partial charge is 0.489 e. The van der Waals surface area contributed by atoms with Crippen molar-refractivity contribution in [2.45, 2.75) is 60.8 Å². The van der Waals surface area contributed by atoms with Crippen molar-refractivity contribution in [3.05, 3.63) is 73.0 Å². The van der Waals surface area contributed by atoms with E-state index in [9.17, 15) is 0 Å². The standard InChI is InChI=1S/C33H43NO3.Pt/c1-7-24(4)20-35-23-30-14-11-15-31(34-30)29-13-10-12-27(18-29)28-16-17-32(36-21-25(5)8-2)33(19-28)37-22-26(6)9-3;/h10-12,14-19,23-26H,7-9,20-22H2,1-6H3;/q-1;. The van der Waals surface area contributed by atoms with Crippen molar-refractivity contribution in [2.24, 2.45) is 17.8 Å². The van der Waals surface area contributed by atoms with E-state index in [1.54, 1.807) is 6.61 Å². The van der Waals surface area contributed by atoms with Crippen molar-refractivity contribution in [3.8, 4) is 33.9 Å². The Bertz CT molecular complexity index is 1100. The second-order valence-electron chi connectivity index (χ2n) is 10.2. The molecule has 0 amide bonds. The Morgan fingerprint density at radius 3 is 2.08 bits per heavy atom. The van der Waals surface area contributed by atoms with Crippen LogP contribution in [0.4, 0.5) is 0 Å². The molecule has 0 N–H and O–H groups in total. The number of aromatic nitrogens is 1. The molecule has 3 unspecified atom stereocenters. The summed E-state index contributed by atoms with van der Waals surface area (Å²) in [7, 11) is 0. The van der Waals surface area contributed by atoms with Gasteiger partial charge in [-0.2, -0.15) is 0 Å². The van der Waals surface area contributed by atoms with Gasteiger partial charge in [-0.3, -0.25) is 4.98 Å². The first-order chi connectivity index (χ1) is 17.9. The van der Waals surface area contributed by atoms with E-state index < -0.39 is 0 Å². The molecule has 3 atom stereocenters. The van der Waals surface area contributed by atoms with E-state index in [0.29, 0.717) is 37.6 Å². The molecule has 0 saturated heterocycles. The van der Waals surface area contributed by atoms with Gasteiger partial charge in [0.05, 0.1) is 25.5 Å². The van der Waals surface area contributed by atoms with Crippen LogP contribution in [0.2, 0.25) is 0 Å². The maximum absolute atomic E-state index is 6.25. The molecule has 0 aliphatic carbocycles. The molecule has 0 aliphatic heterocycles. The quantitative estimate of drug-likeness (QED) is 0.149. The van der Waals surface area contributed by atoms with Crippen LogP contribution in [0.25, 0.3) is 22.4 Å². The molecule has 1 heterocycles. The fourth-order valence-electron chi connectivity index (χ4n) is 3.50. The third-order valence-electron chi connectivity index (χ3n) is 6.85. The van der Waals surface area contributed by atoms with E-state index in [1.165, 1.54) is 0 Å². The Kier molecular flexibility index (Phi) is 14.1. The van der Waals surface area contributed by atoms with Crippen LogP contribution in [0.3, 0.4) is 0 Å². The van der Waals surface area contributed by atoms with Gasteiger partial charge in [0.2, 0.25) is 0 Å². The van der Waals surface area contributed by atoms with Gasteiger partial charge in [0, 0.05) is 21.1 Å². The summed E-state index contributed by atoms with van der Waals surface area (Å²) in [4.78, 5) is 4.78. The molecule has 209 valence electrons. The monoisotopic (exact) mass is 696 g/mol. The molecule has 0 fully saturated rings. The zero-order chi connectivity index (χ0) is 26.6. The van der Waals surface area contributed by atoms with Crippen LogP contribution in [-0.4, -0.2) is 24.8 Å². The summed E-state index contributed by atoms with van der Waals surface area (Å²) in [6, 6.07) is 21.7. The van der Waals surface area contributed by atoms with Crippen LogP contribution in [0, 0.1) is 30.4 Å². The molecule has 38 heavy (non-hydrogen) atoms. The van der Waals surface area contributed by atoms with Crippen LogP contribution in [0.1, 0.15) is 66.5 Å². The molecule has 0 bridgehead atoms. The van der Waals surface area contributed by atoms with Crippen LogP contribution in [0.15, 0.2) is 54.6 Å². The van der Waals surface area contributed by atoms with E-state index in [2.05, 4.69) is 71.9 Å². The second kappa shape index (κ2) is 16.7. The minimum atomic E-state index is 0. The zero-order valence-corrected chi connectivity index (χ0v) is 26.0. The van der Waals surface area contributed by atoms with Crippen molar-refractivity contribution in [2.75, 3.05) is 19.8 Å². The fraction of sp³-hybridized carbons (Fsp3) is 0.455. The van der Waals surface area contributed by atoms with Gasteiger partial charge in [-0.05, 0) is 47.2 Å². The van der Waals surface area contributed by atoms with Gasteiger partial charge >= 0.3 is 0 Å². The van der Waals surface area contributed by atoms with Gasteiger partial charge in [0.15, 0.2) is 11.5 Å². The summed E-state index contributed by atoms with van der Waals surface area (Å²) in [5, 5.41) is 0. The average Bonchev–Trinajstić information content (AvgIpc) is 2.94. The Labute approximate surface area is 244 Å². The van der Waals surface area contributed by atoms with Gasteiger partial charge in [-0.15, -0.1) is 35.4 Å². The van der Waals surface area contributed by atoms with E-state index in [-0.39, 0.29) is 21.1 Å². The van der Waals surface area contributed by atoms with Gasteiger partial charge in [0.1, 0.15) is 6.61 Å². The second-order valence-corrected chi connectivity index (χ2v) is 10.2. The molecule has 0 saturated carbocycles. The van der Waals surface area contributed by atoms with E-state index in [0.717, 1.165) is 58.8 Å². The Hall–Kier alpha value is -2.16. The maximum atomic E-state index is 6.25. The summed E-state index contributed by atoms with van der Waals surface area (Å²) >= 11 is 0. The summed E-state index contributed by atoms with van der Waals surface area (Å²) in [5.41, 5.74) is 4.77. The number of nitrogens with zero attached hydrogens (tertiary/aromatic N) is 1. The van der Waals surface area contributed by atoms with Crippen molar-refractivity contribution >= 4 is 0 Å². The third-order valence-corrected chi connectivity index (χ3v) is 6.85. The van der Waals surface area contributed by atoms with Crippen molar-refractivity contribution in [3.63, 3.8) is 0 Å². The molecule has 1 radical (unpaired) electrons. The van der Waals surface area contributed by atoms with Crippen LogP contribution >= 0.6 is 0 Å². The minimum absolute atomic E-state index is 0. The van der Waals surface area contributed by atoms with Gasteiger partial charge in [-0.1, -0.05) is 79.0 Å². The van der Waals surface area contributed by atoms with Crippen molar-refractivity contribution < 1.29 is 35.3 Å². The Morgan fingerprint density at radius 1 is 0.763 bits per heavy atom.